The number of carbonyl (C=O) groups excluding carboxylic acids is 2. The number of hydrogen-bond acceptors (Lipinski definition) is 7. The molecule has 0 spiro atoms. The summed E-state index contributed by atoms with van der Waals surface area (Å²) in [6.07, 6.45) is 0.133. The van der Waals surface area contributed by atoms with Gasteiger partial charge in [0, 0.05) is 37.3 Å². The highest BCUT2D eigenvalue weighted by Crippen LogP contribution is 2.28. The van der Waals surface area contributed by atoms with E-state index in [1.165, 1.54) is 0 Å². The highest BCUT2D eigenvalue weighted by Gasteiger charge is 2.33. The summed E-state index contributed by atoms with van der Waals surface area (Å²) in [5.41, 5.74) is 0. The summed E-state index contributed by atoms with van der Waals surface area (Å²) in [6.45, 7) is 14.1. The van der Waals surface area contributed by atoms with Crippen LogP contribution in [0.1, 0.15) is 74.7 Å². The number of carbonyl (C=O) groups is 4. The van der Waals surface area contributed by atoms with Gasteiger partial charge in [-0.2, -0.15) is 8.42 Å². The fourth-order valence-electron chi connectivity index (χ4n) is 3.15. The molecular formula is C23H43NO9S. The Morgan fingerprint density at radius 1 is 0.824 bits per heavy atom. The Kier molecular flexibility index (Phi) is 16.1. The number of nitrogens with one attached hydrogen (secondary N) is 1. The van der Waals surface area contributed by atoms with Crippen molar-refractivity contribution in [3.8, 4) is 0 Å². The van der Waals surface area contributed by atoms with Gasteiger partial charge in [0.25, 0.3) is 10.1 Å². The SMILES string of the molecule is CC(C)CC(C(=O)O)C(CC(=O)O)CC(=O)C(C)C.CC(C)NCC(C(=O)C(C)C)S(=O)(=O)O. The van der Waals surface area contributed by atoms with Crippen molar-refractivity contribution in [1.29, 1.82) is 0 Å². The van der Waals surface area contributed by atoms with Crippen LogP contribution < -0.4 is 5.32 Å². The van der Waals surface area contributed by atoms with Gasteiger partial charge in [-0.25, -0.2) is 0 Å². The summed E-state index contributed by atoms with van der Waals surface area (Å²) in [5.74, 6) is -4.51. The van der Waals surface area contributed by atoms with Crippen LogP contribution in [-0.2, 0) is 29.3 Å². The fraction of sp³-hybridized carbons (Fsp3) is 0.826. The topological polar surface area (TPSA) is 175 Å². The van der Waals surface area contributed by atoms with Crippen LogP contribution in [0, 0.1) is 29.6 Å². The fourth-order valence-corrected chi connectivity index (χ4v) is 4.02. The summed E-state index contributed by atoms with van der Waals surface area (Å²) in [4.78, 5) is 45.5. The van der Waals surface area contributed by atoms with Crippen molar-refractivity contribution in [3.05, 3.63) is 0 Å². The number of hydrogen-bond donors (Lipinski definition) is 4. The Morgan fingerprint density at radius 3 is 1.62 bits per heavy atom. The zero-order valence-corrected chi connectivity index (χ0v) is 22.4. The van der Waals surface area contributed by atoms with E-state index in [0.717, 1.165) is 0 Å². The summed E-state index contributed by atoms with van der Waals surface area (Å²) in [5, 5.41) is 19.6. The van der Waals surface area contributed by atoms with Gasteiger partial charge in [-0.15, -0.1) is 0 Å². The minimum Gasteiger partial charge on any atom is -0.481 e. The second kappa shape index (κ2) is 15.9. The largest absolute Gasteiger partial charge is 0.481 e. The molecular weight excluding hydrogens is 466 g/mol. The Hall–Kier alpha value is -1.85. The molecule has 11 heteroatoms. The number of ketones is 2. The van der Waals surface area contributed by atoms with Crippen LogP contribution >= 0.6 is 0 Å². The molecule has 0 aromatic rings. The number of Topliss-reactive ketones (excluding diaryl/α,β-unsaturated/α-hetero) is 2. The molecule has 0 rings (SSSR count). The third-order valence-corrected chi connectivity index (χ3v) is 6.23. The quantitative estimate of drug-likeness (QED) is 0.240. The summed E-state index contributed by atoms with van der Waals surface area (Å²) >= 11 is 0. The molecule has 0 fully saturated rings. The molecule has 0 aromatic heterocycles. The minimum absolute atomic E-state index is 0.0215. The van der Waals surface area contributed by atoms with Gasteiger partial charge in [0.1, 0.15) is 5.78 Å². The third-order valence-electron chi connectivity index (χ3n) is 5.11. The first-order valence-electron chi connectivity index (χ1n) is 11.5. The average Bonchev–Trinajstić information content (AvgIpc) is 2.63. The van der Waals surface area contributed by atoms with Gasteiger partial charge >= 0.3 is 11.9 Å². The lowest BCUT2D eigenvalue weighted by molar-refractivity contribution is -0.146. The molecule has 0 aliphatic heterocycles. The van der Waals surface area contributed by atoms with Crippen LogP contribution in [0.15, 0.2) is 0 Å². The molecule has 0 bridgehead atoms. The molecule has 0 saturated carbocycles. The van der Waals surface area contributed by atoms with E-state index in [4.69, 9.17) is 9.66 Å². The maximum absolute atomic E-state index is 11.8. The van der Waals surface area contributed by atoms with Crippen LogP contribution in [0.3, 0.4) is 0 Å². The number of carboxylic acids is 2. The van der Waals surface area contributed by atoms with E-state index in [0.29, 0.717) is 6.42 Å². The monoisotopic (exact) mass is 509 g/mol. The van der Waals surface area contributed by atoms with E-state index in [9.17, 15) is 32.7 Å². The van der Waals surface area contributed by atoms with E-state index in [1.54, 1.807) is 27.7 Å². The maximum Gasteiger partial charge on any atom is 0.306 e. The zero-order valence-electron chi connectivity index (χ0n) is 21.6. The van der Waals surface area contributed by atoms with Crippen LogP contribution in [0.25, 0.3) is 0 Å². The first-order chi connectivity index (χ1) is 15.3. The second-order valence-corrected chi connectivity index (χ2v) is 11.5. The van der Waals surface area contributed by atoms with Crippen molar-refractivity contribution in [2.75, 3.05) is 6.54 Å². The average molecular weight is 510 g/mol. The maximum atomic E-state index is 11.8. The molecule has 0 radical (unpaired) electrons. The zero-order chi connectivity index (χ0) is 27.4. The Bertz CT molecular complexity index is 773. The summed E-state index contributed by atoms with van der Waals surface area (Å²) < 4.78 is 30.9. The summed E-state index contributed by atoms with van der Waals surface area (Å²) in [6, 6.07) is 0.0641. The highest BCUT2D eigenvalue weighted by atomic mass is 32.2. The Balaban J connectivity index is 0. The molecule has 4 N–H and O–H groups in total. The number of aliphatic carboxylic acids is 2. The van der Waals surface area contributed by atoms with E-state index in [2.05, 4.69) is 5.32 Å². The lowest BCUT2D eigenvalue weighted by Gasteiger charge is -2.24. The van der Waals surface area contributed by atoms with E-state index < -0.39 is 50.8 Å². The van der Waals surface area contributed by atoms with Crippen molar-refractivity contribution in [3.63, 3.8) is 0 Å². The summed E-state index contributed by atoms with van der Waals surface area (Å²) in [7, 11) is -4.32. The van der Waals surface area contributed by atoms with Crippen molar-refractivity contribution in [2.45, 2.75) is 85.9 Å². The predicted molar refractivity (Wildman–Crippen MR) is 129 cm³/mol. The van der Waals surface area contributed by atoms with Gasteiger partial charge in [-0.1, -0.05) is 55.4 Å². The smallest absolute Gasteiger partial charge is 0.306 e. The predicted octanol–water partition coefficient (Wildman–Crippen LogP) is 2.91. The minimum atomic E-state index is -4.32. The normalized spacial score (nSPS) is 14.5. The molecule has 0 amide bonds. The number of carboxylic acid groups (broad SMARTS) is 2. The van der Waals surface area contributed by atoms with Crippen LogP contribution in [0.5, 0.6) is 0 Å². The first kappa shape index (κ1) is 34.3. The Morgan fingerprint density at radius 2 is 1.32 bits per heavy atom. The third kappa shape index (κ3) is 15.1. The van der Waals surface area contributed by atoms with Gasteiger partial charge in [0.05, 0.1) is 5.92 Å². The van der Waals surface area contributed by atoms with E-state index in [-0.39, 0.29) is 43.0 Å². The van der Waals surface area contributed by atoms with Gasteiger partial charge < -0.3 is 15.5 Å². The molecule has 3 unspecified atom stereocenters. The first-order valence-corrected chi connectivity index (χ1v) is 13.0. The molecule has 0 aliphatic rings. The van der Waals surface area contributed by atoms with Gasteiger partial charge in [-0.3, -0.25) is 23.7 Å². The Labute approximate surface area is 203 Å². The molecule has 0 saturated heterocycles. The molecule has 0 heterocycles. The standard InChI is InChI=1S/C14H24O5.C9H19NO4S/c1-8(2)5-11(14(18)19)10(7-13(16)17)6-12(15)9(3)4;1-6(2)9(11)8(15(12,13)14)5-10-7(3)4/h8-11H,5-7H2,1-4H3,(H,16,17)(H,18,19);6-8,10H,5H2,1-4H3,(H,12,13,14). The van der Waals surface area contributed by atoms with Gasteiger partial charge in [-0.05, 0) is 18.3 Å². The lowest BCUT2D eigenvalue weighted by Crippen LogP contribution is -2.43. The van der Waals surface area contributed by atoms with Gasteiger partial charge in [0.15, 0.2) is 11.0 Å². The van der Waals surface area contributed by atoms with Crippen LogP contribution in [0.2, 0.25) is 0 Å². The molecule has 3 atom stereocenters. The van der Waals surface area contributed by atoms with Crippen LogP contribution in [0.4, 0.5) is 0 Å². The van der Waals surface area contributed by atoms with E-state index in [1.807, 2.05) is 27.7 Å². The van der Waals surface area contributed by atoms with Crippen molar-refractivity contribution in [2.24, 2.45) is 29.6 Å². The molecule has 10 nitrogen and oxygen atoms in total. The lowest BCUT2D eigenvalue weighted by atomic mass is 9.79. The highest BCUT2D eigenvalue weighted by molar-refractivity contribution is 7.87. The van der Waals surface area contributed by atoms with E-state index >= 15 is 0 Å². The molecule has 0 aromatic carbocycles. The number of rotatable bonds is 15. The molecule has 200 valence electrons. The van der Waals surface area contributed by atoms with Crippen molar-refractivity contribution in [1.82, 2.24) is 5.32 Å². The van der Waals surface area contributed by atoms with Gasteiger partial charge in [0.2, 0.25) is 0 Å². The molecule has 34 heavy (non-hydrogen) atoms. The molecule has 0 aliphatic carbocycles. The van der Waals surface area contributed by atoms with Crippen molar-refractivity contribution >= 4 is 33.6 Å². The second-order valence-electron chi connectivity index (χ2n) is 9.88. The van der Waals surface area contributed by atoms with Crippen LogP contribution in [-0.4, -0.2) is 64.5 Å². The van der Waals surface area contributed by atoms with Crippen molar-refractivity contribution < 1.29 is 42.4 Å².